The summed E-state index contributed by atoms with van der Waals surface area (Å²) in [7, 11) is 1.51. The molecule has 0 aliphatic carbocycles. The minimum absolute atomic E-state index is 0.252. The summed E-state index contributed by atoms with van der Waals surface area (Å²) in [4.78, 5) is 14.3. The van der Waals surface area contributed by atoms with Crippen LogP contribution in [0.1, 0.15) is 44.3 Å². The third-order valence-corrected chi connectivity index (χ3v) is 8.58. The van der Waals surface area contributed by atoms with Crippen molar-refractivity contribution < 1.29 is 33.2 Å². The van der Waals surface area contributed by atoms with Gasteiger partial charge in [-0.3, -0.25) is 4.79 Å². The van der Waals surface area contributed by atoms with Gasteiger partial charge in [0.25, 0.3) is 0 Å². The van der Waals surface area contributed by atoms with Crippen LogP contribution in [0.15, 0.2) is 152 Å². The standard InChI is InChI=1S/C44H38O7/c1-46-44-42(45)41-39(50-30-34-20-12-5-13-21-34)25-36(47-27-31-14-6-2-7-15-31)26-40(41)51-43(44)35-22-23-37(48-28-32-16-8-3-9-17-32)38(24-35)49-29-33-18-10-4-11-19-33/h2-26,43-44H,27-30H2,1H3. The minimum Gasteiger partial charge on any atom is -0.489 e. The SMILES string of the molecule is COC1C(=O)c2c(OCc3ccccc3)cc(OCc3ccccc3)cc2OC1c1ccc(OCc2ccccc2)c(OCc2ccccc2)c1. The number of hydrogen-bond acceptors (Lipinski definition) is 7. The van der Waals surface area contributed by atoms with E-state index in [0.29, 0.717) is 59.7 Å². The Hall–Kier alpha value is -6.05. The lowest BCUT2D eigenvalue weighted by atomic mass is 9.92. The average molecular weight is 679 g/mol. The van der Waals surface area contributed by atoms with E-state index in [1.54, 1.807) is 12.1 Å². The van der Waals surface area contributed by atoms with Gasteiger partial charge in [0.15, 0.2) is 23.7 Å². The van der Waals surface area contributed by atoms with Gasteiger partial charge in [-0.05, 0) is 39.9 Å². The monoisotopic (exact) mass is 678 g/mol. The molecule has 0 bridgehead atoms. The number of ketones is 1. The lowest BCUT2D eigenvalue weighted by molar-refractivity contribution is -0.00138. The van der Waals surface area contributed by atoms with Crippen molar-refractivity contribution in [3.8, 4) is 28.7 Å². The summed E-state index contributed by atoms with van der Waals surface area (Å²) in [6.45, 7) is 1.29. The van der Waals surface area contributed by atoms with E-state index in [9.17, 15) is 4.79 Å². The molecular weight excluding hydrogens is 640 g/mol. The maximum absolute atomic E-state index is 14.3. The molecule has 0 saturated carbocycles. The Bertz CT molecular complexity index is 2030. The fourth-order valence-corrected chi connectivity index (χ4v) is 5.93. The van der Waals surface area contributed by atoms with Gasteiger partial charge < -0.3 is 28.4 Å². The summed E-state index contributed by atoms with van der Waals surface area (Å²) in [5.74, 6) is 2.07. The lowest BCUT2D eigenvalue weighted by Crippen LogP contribution is -2.38. The molecule has 6 aromatic carbocycles. The van der Waals surface area contributed by atoms with E-state index in [1.807, 2.05) is 140 Å². The van der Waals surface area contributed by atoms with Crippen LogP contribution in [0.2, 0.25) is 0 Å². The fraction of sp³-hybridized carbons (Fsp3) is 0.159. The number of Topliss-reactive ketones (excluding diaryl/α,β-unsaturated/α-hetero) is 1. The Labute approximate surface area is 297 Å². The summed E-state index contributed by atoms with van der Waals surface area (Å²) in [5.41, 5.74) is 5.01. The first-order valence-corrected chi connectivity index (χ1v) is 16.9. The minimum atomic E-state index is -0.953. The van der Waals surface area contributed by atoms with Crippen LogP contribution in [0.25, 0.3) is 0 Å². The molecule has 0 radical (unpaired) electrons. The van der Waals surface area contributed by atoms with Gasteiger partial charge in [0.1, 0.15) is 49.2 Å². The molecule has 0 saturated heterocycles. The van der Waals surface area contributed by atoms with Crippen LogP contribution in [0.5, 0.6) is 28.7 Å². The second kappa shape index (κ2) is 16.1. The van der Waals surface area contributed by atoms with Gasteiger partial charge in [-0.25, -0.2) is 0 Å². The van der Waals surface area contributed by atoms with Crippen LogP contribution >= 0.6 is 0 Å². The van der Waals surface area contributed by atoms with Crippen LogP contribution in [0, 0.1) is 0 Å². The molecule has 0 fully saturated rings. The number of ether oxygens (including phenoxy) is 6. The first-order chi connectivity index (χ1) is 25.1. The molecule has 2 unspecified atom stereocenters. The first-order valence-electron chi connectivity index (χ1n) is 16.9. The van der Waals surface area contributed by atoms with E-state index in [1.165, 1.54) is 7.11 Å². The quantitative estimate of drug-likeness (QED) is 0.114. The van der Waals surface area contributed by atoms with Crippen molar-refractivity contribution in [3.63, 3.8) is 0 Å². The molecule has 1 heterocycles. The molecule has 256 valence electrons. The Balaban J connectivity index is 1.21. The zero-order chi connectivity index (χ0) is 34.8. The van der Waals surface area contributed by atoms with Gasteiger partial charge in [0, 0.05) is 19.2 Å². The highest BCUT2D eigenvalue weighted by Gasteiger charge is 2.41. The van der Waals surface area contributed by atoms with Crippen molar-refractivity contribution in [1.82, 2.24) is 0 Å². The maximum Gasteiger partial charge on any atom is 0.203 e. The molecule has 0 aromatic heterocycles. The van der Waals surface area contributed by atoms with Crippen molar-refractivity contribution in [2.24, 2.45) is 0 Å². The molecule has 0 spiro atoms. The lowest BCUT2D eigenvalue weighted by Gasteiger charge is -2.33. The second-order valence-electron chi connectivity index (χ2n) is 12.2. The van der Waals surface area contributed by atoms with E-state index in [-0.39, 0.29) is 12.4 Å². The van der Waals surface area contributed by atoms with Crippen LogP contribution in [-0.4, -0.2) is 19.0 Å². The highest BCUT2D eigenvalue weighted by Crippen LogP contribution is 2.45. The number of hydrogen-bond donors (Lipinski definition) is 0. The highest BCUT2D eigenvalue weighted by atomic mass is 16.5. The van der Waals surface area contributed by atoms with Crippen LogP contribution in [0.4, 0.5) is 0 Å². The first kappa shape index (κ1) is 33.4. The number of carbonyl (C=O) groups excluding carboxylic acids is 1. The van der Waals surface area contributed by atoms with Gasteiger partial charge in [0.2, 0.25) is 5.78 Å². The third-order valence-electron chi connectivity index (χ3n) is 8.58. The Kier molecular flexibility index (Phi) is 10.6. The van der Waals surface area contributed by atoms with Gasteiger partial charge in [-0.2, -0.15) is 0 Å². The molecule has 2 atom stereocenters. The van der Waals surface area contributed by atoms with E-state index < -0.39 is 12.2 Å². The van der Waals surface area contributed by atoms with Crippen molar-refractivity contribution in [2.45, 2.75) is 38.6 Å². The fourth-order valence-electron chi connectivity index (χ4n) is 5.93. The molecule has 7 rings (SSSR count). The normalized spacial score (nSPS) is 15.0. The number of benzene rings is 6. The van der Waals surface area contributed by atoms with Crippen molar-refractivity contribution >= 4 is 5.78 Å². The van der Waals surface area contributed by atoms with Crippen LogP contribution in [-0.2, 0) is 31.2 Å². The van der Waals surface area contributed by atoms with Crippen molar-refractivity contribution in [3.05, 3.63) is 185 Å². The van der Waals surface area contributed by atoms with Crippen molar-refractivity contribution in [2.75, 3.05) is 7.11 Å². The van der Waals surface area contributed by atoms with Crippen molar-refractivity contribution in [1.29, 1.82) is 0 Å². The average Bonchev–Trinajstić information content (AvgIpc) is 3.19. The maximum atomic E-state index is 14.3. The van der Waals surface area contributed by atoms with E-state index in [4.69, 9.17) is 28.4 Å². The van der Waals surface area contributed by atoms with Gasteiger partial charge in [-0.15, -0.1) is 0 Å². The van der Waals surface area contributed by atoms with Crippen LogP contribution < -0.4 is 23.7 Å². The third kappa shape index (κ3) is 8.23. The summed E-state index contributed by atoms with van der Waals surface area (Å²) in [6.07, 6.45) is -1.74. The second-order valence-corrected chi connectivity index (χ2v) is 12.2. The molecule has 1 aliphatic heterocycles. The summed E-state index contributed by atoms with van der Waals surface area (Å²) >= 11 is 0. The van der Waals surface area contributed by atoms with Crippen LogP contribution in [0.3, 0.4) is 0 Å². The number of carbonyl (C=O) groups is 1. The Morgan fingerprint density at radius 2 is 0.980 bits per heavy atom. The predicted molar refractivity (Wildman–Crippen MR) is 194 cm³/mol. The predicted octanol–water partition coefficient (Wildman–Crippen LogP) is 9.33. The molecule has 0 N–H and O–H groups in total. The molecule has 7 nitrogen and oxygen atoms in total. The molecule has 6 aromatic rings. The van der Waals surface area contributed by atoms with Gasteiger partial charge >= 0.3 is 0 Å². The van der Waals surface area contributed by atoms with Gasteiger partial charge in [0.05, 0.1) is 0 Å². The van der Waals surface area contributed by atoms with Gasteiger partial charge in [-0.1, -0.05) is 127 Å². The topological polar surface area (TPSA) is 72.5 Å². The Morgan fingerprint density at radius 1 is 0.510 bits per heavy atom. The number of fused-ring (bicyclic) bond motifs is 1. The highest BCUT2D eigenvalue weighted by molar-refractivity contribution is 6.06. The Morgan fingerprint density at radius 3 is 1.49 bits per heavy atom. The molecule has 1 aliphatic rings. The number of rotatable bonds is 14. The van der Waals surface area contributed by atoms with E-state index >= 15 is 0 Å². The zero-order valence-electron chi connectivity index (χ0n) is 28.3. The summed E-state index contributed by atoms with van der Waals surface area (Å²) in [6, 6.07) is 48.6. The number of methoxy groups -OCH3 is 1. The summed E-state index contributed by atoms with van der Waals surface area (Å²) in [5, 5.41) is 0. The largest absolute Gasteiger partial charge is 0.489 e. The molecule has 7 heteroatoms. The molecule has 0 amide bonds. The molecule has 51 heavy (non-hydrogen) atoms. The smallest absolute Gasteiger partial charge is 0.203 e. The van der Waals surface area contributed by atoms with E-state index in [2.05, 4.69) is 0 Å². The van der Waals surface area contributed by atoms with E-state index in [0.717, 1.165) is 22.3 Å². The zero-order valence-corrected chi connectivity index (χ0v) is 28.3. The summed E-state index contributed by atoms with van der Waals surface area (Å²) < 4.78 is 37.6. The molecular formula is C44H38O7.